The summed E-state index contributed by atoms with van der Waals surface area (Å²) in [7, 11) is 0. The fraction of sp³-hybridized carbons (Fsp3) is 0.0930. The number of hydrogen-bond donors (Lipinski definition) is 0. The van der Waals surface area contributed by atoms with Crippen molar-refractivity contribution in [3.8, 4) is 68.0 Å². The molecule has 4 aliphatic carbocycles. The van der Waals surface area contributed by atoms with Crippen molar-refractivity contribution in [1.29, 1.82) is 0 Å². The van der Waals surface area contributed by atoms with Gasteiger partial charge < -0.3 is 14.2 Å². The van der Waals surface area contributed by atoms with Crippen LogP contribution in [0.3, 0.4) is 0 Å². The van der Waals surface area contributed by atoms with Gasteiger partial charge in [0.1, 0.15) is 16.9 Å². The Morgan fingerprint density at radius 2 is 0.888 bits per heavy atom. The number of furan rings is 1. The molecule has 12 aromatic carbocycles. The lowest BCUT2D eigenvalue weighted by molar-refractivity contribution is 0.660. The normalized spacial score (nSPS) is 14.7. The van der Waals surface area contributed by atoms with Gasteiger partial charge in [0.2, 0.25) is 0 Å². The van der Waals surface area contributed by atoms with E-state index < -0.39 is 5.41 Å². The van der Waals surface area contributed by atoms with Gasteiger partial charge in [-0.25, -0.2) is 0 Å². The van der Waals surface area contributed by atoms with Gasteiger partial charge in [-0.2, -0.15) is 0 Å². The van der Waals surface area contributed by atoms with Crippen molar-refractivity contribution >= 4 is 55.9 Å². The minimum absolute atomic E-state index is 0.221. The van der Waals surface area contributed by atoms with E-state index in [1.54, 1.807) is 0 Å². The summed E-state index contributed by atoms with van der Waals surface area (Å²) in [5.41, 5.74) is 30.1. The monoisotopic (exact) mass is 1140 g/mol. The average molecular weight is 1140 g/mol. The molecule has 0 saturated carbocycles. The van der Waals surface area contributed by atoms with Crippen LogP contribution < -0.4 is 9.80 Å². The number of anilines is 5. The lowest BCUT2D eigenvalue weighted by Gasteiger charge is -2.34. The van der Waals surface area contributed by atoms with Crippen molar-refractivity contribution in [3.05, 3.63) is 335 Å². The van der Waals surface area contributed by atoms with Crippen molar-refractivity contribution in [2.24, 2.45) is 0 Å². The molecule has 0 atom stereocenters. The summed E-state index contributed by atoms with van der Waals surface area (Å²) >= 11 is 0. The highest BCUT2D eigenvalue weighted by Crippen LogP contribution is 2.67. The maximum absolute atomic E-state index is 7.56. The van der Waals surface area contributed by atoms with Gasteiger partial charge in [0, 0.05) is 50.0 Å². The van der Waals surface area contributed by atoms with E-state index in [0.717, 1.165) is 95.0 Å². The van der Waals surface area contributed by atoms with Gasteiger partial charge in [-0.3, -0.25) is 0 Å². The summed E-state index contributed by atoms with van der Waals surface area (Å²) in [6, 6.07) is 98.8. The van der Waals surface area contributed by atoms with Crippen LogP contribution in [-0.2, 0) is 16.2 Å². The zero-order chi connectivity index (χ0) is 59.9. The van der Waals surface area contributed by atoms with E-state index in [9.17, 15) is 0 Å². The number of benzene rings is 12. The number of nitrogens with zero attached hydrogens (tertiary/aromatic N) is 2. The van der Waals surface area contributed by atoms with Gasteiger partial charge in [-0.05, 0) is 156 Å². The van der Waals surface area contributed by atoms with Crippen LogP contribution in [0.4, 0.5) is 28.4 Å². The highest BCUT2D eigenvalue weighted by atomic mass is 16.3. The minimum atomic E-state index is -0.833. The molecule has 13 aromatic rings. The molecule has 0 unspecified atom stereocenters. The first-order valence-corrected chi connectivity index (χ1v) is 31.1. The Bertz CT molecular complexity index is 5190. The van der Waals surface area contributed by atoms with Gasteiger partial charge in [-0.15, -0.1) is 6.42 Å². The number of hydrogen-bond acceptors (Lipinski definition) is 3. The standard InChI is InChI=1S/C86H62N2O/c1-7-27-59(54-28-11-9-12-29-54)77(8-2)88(58-45-48-66-62-34-16-22-39-70(62)85(5,6)74(66)51-58)79-53-76-81(83-82(79)68-37-20-26-43-80(68)89-83)67-49-46-57(52-75(67)86(76)71-40-23-17-35-63(71)64-36-18-24-41-72(64)86)87(78-42-25-19-32-60(78)55-30-13-10-14-31-55)56-44-47-65-61-33-15-21-38-69(61)84(3,4)73(65)50-56/h2,7,9-53H,1,3-6H3/b27-7-,77-59-. The van der Waals surface area contributed by atoms with Crippen LogP contribution in [0.15, 0.2) is 289 Å². The predicted molar refractivity (Wildman–Crippen MR) is 371 cm³/mol. The van der Waals surface area contributed by atoms with Gasteiger partial charge in [0.15, 0.2) is 0 Å². The molecule has 17 rings (SSSR count). The largest absolute Gasteiger partial charge is 0.455 e. The molecular weight excluding hydrogens is 1080 g/mol. The number of terminal acetylenes is 1. The Labute approximate surface area is 520 Å². The van der Waals surface area contributed by atoms with E-state index in [1.165, 1.54) is 72.3 Å². The van der Waals surface area contributed by atoms with Crippen LogP contribution in [-0.4, -0.2) is 0 Å². The predicted octanol–water partition coefficient (Wildman–Crippen LogP) is 22.4. The summed E-state index contributed by atoms with van der Waals surface area (Å²) in [5.74, 6) is 3.38. The van der Waals surface area contributed by atoms with Crippen LogP contribution in [0.25, 0.3) is 83.1 Å². The lowest BCUT2D eigenvalue weighted by Crippen LogP contribution is -2.27. The number of allylic oxidation sites excluding steroid dienone is 4. The van der Waals surface area contributed by atoms with Crippen molar-refractivity contribution in [3.63, 3.8) is 0 Å². The molecule has 4 aliphatic rings. The van der Waals surface area contributed by atoms with Gasteiger partial charge >= 0.3 is 0 Å². The van der Waals surface area contributed by atoms with Gasteiger partial charge in [-0.1, -0.05) is 258 Å². The smallest absolute Gasteiger partial charge is 0.145 e. The number of para-hydroxylation sites is 2. The molecule has 0 radical (unpaired) electrons. The van der Waals surface area contributed by atoms with Crippen LogP contribution in [0.5, 0.6) is 0 Å². The molecule has 0 N–H and O–H groups in total. The van der Waals surface area contributed by atoms with E-state index in [1.807, 2.05) is 0 Å². The Morgan fingerprint density at radius 3 is 1.49 bits per heavy atom. The zero-order valence-corrected chi connectivity index (χ0v) is 50.4. The molecule has 422 valence electrons. The highest BCUT2D eigenvalue weighted by molar-refractivity contribution is 6.20. The molecule has 3 heteroatoms. The third kappa shape index (κ3) is 7.35. The molecule has 89 heavy (non-hydrogen) atoms. The Hall–Kier alpha value is -10.9. The summed E-state index contributed by atoms with van der Waals surface area (Å²) in [6.45, 7) is 11.5. The summed E-state index contributed by atoms with van der Waals surface area (Å²) in [5, 5.41) is 2.01. The second kappa shape index (κ2) is 19.5. The highest BCUT2D eigenvalue weighted by Gasteiger charge is 2.54. The van der Waals surface area contributed by atoms with Crippen molar-refractivity contribution in [1.82, 2.24) is 0 Å². The zero-order valence-electron chi connectivity index (χ0n) is 50.4. The van der Waals surface area contributed by atoms with E-state index in [0.29, 0.717) is 0 Å². The molecule has 0 amide bonds. The average Bonchev–Trinajstić information content (AvgIpc) is 1.50. The third-order valence-corrected chi connectivity index (χ3v) is 20.1. The Balaban J connectivity index is 0.988. The number of fused-ring (bicyclic) bond motifs is 20. The first-order valence-electron chi connectivity index (χ1n) is 31.1. The van der Waals surface area contributed by atoms with Crippen LogP contribution >= 0.6 is 0 Å². The Kier molecular flexibility index (Phi) is 11.5. The van der Waals surface area contributed by atoms with Crippen LogP contribution in [0.2, 0.25) is 0 Å². The van der Waals surface area contributed by atoms with E-state index in [-0.39, 0.29) is 10.8 Å². The molecule has 1 heterocycles. The second-order valence-electron chi connectivity index (χ2n) is 25.3. The molecule has 0 aliphatic heterocycles. The molecular formula is C86H62N2O. The fourth-order valence-corrected chi connectivity index (χ4v) is 16.1. The van der Waals surface area contributed by atoms with Crippen LogP contribution in [0, 0.1) is 12.3 Å². The maximum atomic E-state index is 7.56. The molecule has 0 fully saturated rings. The van der Waals surface area contributed by atoms with Crippen molar-refractivity contribution < 1.29 is 4.42 Å². The SMILES string of the molecule is C#C/C(=C(\C=C/C)c1ccccc1)N(c1ccc2c(c1)C(C)(C)c1ccccc1-2)c1cc2c(c3oc4ccccc4c13)-c1ccc(N(c3ccc4c(c3)C(C)(C)c3ccccc3-4)c3ccccc3-c3ccccc3)cc1C21c2ccccc2-c2ccccc21. The first kappa shape index (κ1) is 52.4. The molecule has 0 bridgehead atoms. The molecule has 0 saturated heterocycles. The van der Waals surface area contributed by atoms with Crippen molar-refractivity contribution in [2.45, 2.75) is 50.9 Å². The Morgan fingerprint density at radius 1 is 0.416 bits per heavy atom. The molecule has 1 aromatic heterocycles. The summed E-state index contributed by atoms with van der Waals surface area (Å²) < 4.78 is 7.56. The minimum Gasteiger partial charge on any atom is -0.455 e. The number of rotatable bonds is 9. The second-order valence-corrected chi connectivity index (χ2v) is 25.3. The topological polar surface area (TPSA) is 19.6 Å². The molecule has 1 spiro atoms. The van der Waals surface area contributed by atoms with E-state index in [2.05, 4.69) is 329 Å². The summed E-state index contributed by atoms with van der Waals surface area (Å²) in [4.78, 5) is 4.90. The van der Waals surface area contributed by atoms with E-state index >= 15 is 0 Å². The fourth-order valence-electron chi connectivity index (χ4n) is 16.1. The maximum Gasteiger partial charge on any atom is 0.145 e. The quantitative estimate of drug-likeness (QED) is 0.106. The summed E-state index contributed by atoms with van der Waals surface area (Å²) in [6.07, 6.45) is 11.4. The first-order chi connectivity index (χ1) is 43.6. The van der Waals surface area contributed by atoms with Gasteiger partial charge in [0.25, 0.3) is 0 Å². The van der Waals surface area contributed by atoms with E-state index in [4.69, 9.17) is 10.8 Å². The van der Waals surface area contributed by atoms with Crippen molar-refractivity contribution in [2.75, 3.05) is 9.80 Å². The lowest BCUT2D eigenvalue weighted by atomic mass is 9.70. The van der Waals surface area contributed by atoms with Crippen LogP contribution in [0.1, 0.15) is 84.7 Å². The molecule has 3 nitrogen and oxygen atoms in total. The third-order valence-electron chi connectivity index (χ3n) is 20.1. The van der Waals surface area contributed by atoms with Gasteiger partial charge in [0.05, 0.1) is 22.2 Å².